The number of hydrogen-bond acceptors (Lipinski definition) is 6. The van der Waals surface area contributed by atoms with Gasteiger partial charge in [0.15, 0.2) is 0 Å². The lowest BCUT2D eigenvalue weighted by molar-refractivity contribution is -0.140. The maximum atomic E-state index is 14.7. The van der Waals surface area contributed by atoms with Crippen molar-refractivity contribution in [1.29, 1.82) is 0 Å². The standard InChI is InChI=1S/C37H42FN3O5S2/c1-5-27(3)39-37(43)34(24-28-12-8-7-9-13-28)40(25-29-16-18-30(38)19-17-29)36(42)26-41(33-14-10-11-15-35(33)46-6-2)48(44,45)32-22-20-31(47-4)21-23-32/h7-23,27,34H,5-6,24-26H2,1-4H3,(H,39,43)/t27-,34+/m1/s1. The van der Waals surface area contributed by atoms with Crippen molar-refractivity contribution in [2.75, 3.05) is 23.7 Å². The molecule has 4 rings (SSSR count). The average Bonchev–Trinajstić information content (AvgIpc) is 3.10. The first-order chi connectivity index (χ1) is 23.1. The number of anilines is 1. The lowest BCUT2D eigenvalue weighted by Crippen LogP contribution is -2.54. The van der Waals surface area contributed by atoms with Gasteiger partial charge in [0.25, 0.3) is 10.0 Å². The highest BCUT2D eigenvalue weighted by atomic mass is 32.2. The van der Waals surface area contributed by atoms with Gasteiger partial charge in [0.2, 0.25) is 11.8 Å². The summed E-state index contributed by atoms with van der Waals surface area (Å²) in [5, 5.41) is 3.01. The number of nitrogens with zero attached hydrogens (tertiary/aromatic N) is 2. The summed E-state index contributed by atoms with van der Waals surface area (Å²) >= 11 is 1.48. The van der Waals surface area contributed by atoms with Crippen molar-refractivity contribution >= 4 is 39.3 Å². The van der Waals surface area contributed by atoms with E-state index >= 15 is 0 Å². The maximum absolute atomic E-state index is 14.7. The van der Waals surface area contributed by atoms with Crippen molar-refractivity contribution in [3.8, 4) is 5.75 Å². The highest BCUT2D eigenvalue weighted by Crippen LogP contribution is 2.33. The van der Waals surface area contributed by atoms with Crippen molar-refractivity contribution in [2.45, 2.75) is 62.0 Å². The minimum atomic E-state index is -4.31. The summed E-state index contributed by atoms with van der Waals surface area (Å²) in [5.74, 6) is -1.14. The molecular formula is C37H42FN3O5S2. The third kappa shape index (κ3) is 9.38. The second-order valence-electron chi connectivity index (χ2n) is 11.3. The van der Waals surface area contributed by atoms with Gasteiger partial charge >= 0.3 is 0 Å². The average molecular weight is 692 g/mol. The van der Waals surface area contributed by atoms with Crippen LogP contribution in [0.15, 0.2) is 113 Å². The minimum absolute atomic E-state index is 0.000152. The van der Waals surface area contributed by atoms with E-state index in [9.17, 15) is 22.4 Å². The molecule has 0 saturated carbocycles. The van der Waals surface area contributed by atoms with Crippen LogP contribution in [0, 0.1) is 5.82 Å². The number of nitrogens with one attached hydrogen (secondary N) is 1. The second-order valence-corrected chi connectivity index (χ2v) is 14.0. The molecule has 0 radical (unpaired) electrons. The zero-order valence-electron chi connectivity index (χ0n) is 27.6. The van der Waals surface area contributed by atoms with Crippen LogP contribution in [0.1, 0.15) is 38.3 Å². The van der Waals surface area contributed by atoms with E-state index in [-0.39, 0.29) is 47.9 Å². The molecule has 1 N–H and O–H groups in total. The molecule has 254 valence electrons. The van der Waals surface area contributed by atoms with Crippen LogP contribution in [0.4, 0.5) is 10.1 Å². The van der Waals surface area contributed by atoms with Crippen LogP contribution < -0.4 is 14.4 Å². The van der Waals surface area contributed by atoms with Gasteiger partial charge in [-0.05, 0) is 86.2 Å². The Kier molecular flexibility index (Phi) is 13.0. The first-order valence-electron chi connectivity index (χ1n) is 15.8. The molecule has 0 aliphatic heterocycles. The third-order valence-electron chi connectivity index (χ3n) is 7.90. The zero-order chi connectivity index (χ0) is 34.7. The Hall–Kier alpha value is -4.35. The zero-order valence-corrected chi connectivity index (χ0v) is 29.3. The molecule has 2 atom stereocenters. The third-order valence-corrected chi connectivity index (χ3v) is 10.4. The van der Waals surface area contributed by atoms with Crippen LogP contribution in [0.2, 0.25) is 0 Å². The molecule has 0 fully saturated rings. The predicted octanol–water partition coefficient (Wildman–Crippen LogP) is 6.70. The molecule has 11 heteroatoms. The Bertz CT molecular complexity index is 1750. The van der Waals surface area contributed by atoms with Crippen molar-refractivity contribution in [2.24, 2.45) is 0 Å². The molecule has 0 saturated heterocycles. The molecular weight excluding hydrogens is 650 g/mol. The molecule has 8 nitrogen and oxygen atoms in total. The van der Waals surface area contributed by atoms with E-state index in [1.54, 1.807) is 55.5 Å². The van der Waals surface area contributed by atoms with Crippen LogP contribution in [0.3, 0.4) is 0 Å². The van der Waals surface area contributed by atoms with Crippen molar-refractivity contribution in [3.63, 3.8) is 0 Å². The van der Waals surface area contributed by atoms with Gasteiger partial charge in [0.05, 0.1) is 17.2 Å². The van der Waals surface area contributed by atoms with Crippen LogP contribution in [0.25, 0.3) is 0 Å². The van der Waals surface area contributed by atoms with Gasteiger partial charge in [0.1, 0.15) is 24.2 Å². The van der Waals surface area contributed by atoms with E-state index in [1.807, 2.05) is 50.4 Å². The summed E-state index contributed by atoms with van der Waals surface area (Å²) in [6.07, 6.45) is 2.74. The van der Waals surface area contributed by atoms with Gasteiger partial charge in [-0.15, -0.1) is 11.8 Å². The van der Waals surface area contributed by atoms with Crippen molar-refractivity contribution in [3.05, 3.63) is 120 Å². The normalized spacial score (nSPS) is 12.5. The number of benzene rings is 4. The minimum Gasteiger partial charge on any atom is -0.492 e. The summed E-state index contributed by atoms with van der Waals surface area (Å²) < 4.78 is 49.6. The van der Waals surface area contributed by atoms with E-state index in [0.717, 1.165) is 14.8 Å². The van der Waals surface area contributed by atoms with E-state index in [1.165, 1.54) is 40.9 Å². The van der Waals surface area contributed by atoms with E-state index in [4.69, 9.17) is 4.74 Å². The first-order valence-corrected chi connectivity index (χ1v) is 18.5. The highest BCUT2D eigenvalue weighted by molar-refractivity contribution is 7.98. The molecule has 0 unspecified atom stereocenters. The molecule has 4 aromatic carbocycles. The van der Waals surface area contributed by atoms with Gasteiger partial charge < -0.3 is 15.0 Å². The summed E-state index contributed by atoms with van der Waals surface area (Å²) in [6.45, 7) is 5.20. The molecule has 4 aromatic rings. The summed E-state index contributed by atoms with van der Waals surface area (Å²) in [6, 6.07) is 26.9. The van der Waals surface area contributed by atoms with E-state index < -0.39 is 34.3 Å². The van der Waals surface area contributed by atoms with Crippen molar-refractivity contribution in [1.82, 2.24) is 10.2 Å². The number of halogens is 1. The fourth-order valence-corrected chi connectivity index (χ4v) is 6.94. The quantitative estimate of drug-likeness (QED) is 0.132. The van der Waals surface area contributed by atoms with Gasteiger partial charge in [-0.3, -0.25) is 13.9 Å². The van der Waals surface area contributed by atoms with Crippen LogP contribution in [-0.4, -0.2) is 56.6 Å². The molecule has 0 bridgehead atoms. The molecule has 2 amide bonds. The largest absolute Gasteiger partial charge is 0.492 e. The van der Waals surface area contributed by atoms with Crippen LogP contribution in [0.5, 0.6) is 5.75 Å². The Morgan fingerprint density at radius 3 is 2.15 bits per heavy atom. The van der Waals surface area contributed by atoms with Gasteiger partial charge in [-0.1, -0.05) is 61.5 Å². The monoisotopic (exact) mass is 691 g/mol. The molecule has 0 aliphatic carbocycles. The second kappa shape index (κ2) is 17.2. The first kappa shape index (κ1) is 36.5. The van der Waals surface area contributed by atoms with E-state index in [2.05, 4.69) is 5.32 Å². The molecule has 0 heterocycles. The topological polar surface area (TPSA) is 96.0 Å². The summed E-state index contributed by atoms with van der Waals surface area (Å²) in [4.78, 5) is 30.9. The van der Waals surface area contributed by atoms with E-state index in [0.29, 0.717) is 12.0 Å². The highest BCUT2D eigenvalue weighted by Gasteiger charge is 2.36. The van der Waals surface area contributed by atoms with Gasteiger partial charge in [-0.2, -0.15) is 0 Å². The Balaban J connectivity index is 1.84. The lowest BCUT2D eigenvalue weighted by atomic mass is 10.0. The maximum Gasteiger partial charge on any atom is 0.264 e. The number of hydrogen-bond donors (Lipinski definition) is 1. The number of amides is 2. The SMILES string of the molecule is CCOc1ccccc1N(CC(=O)N(Cc1ccc(F)cc1)[C@@H](Cc1ccccc1)C(=O)N[C@H](C)CC)S(=O)(=O)c1ccc(SC)cc1. The fraction of sp³-hybridized carbons (Fsp3) is 0.297. The van der Waals surface area contributed by atoms with Crippen LogP contribution >= 0.6 is 11.8 Å². The fourth-order valence-electron chi connectivity index (χ4n) is 5.11. The number of rotatable bonds is 16. The number of sulfonamides is 1. The predicted molar refractivity (Wildman–Crippen MR) is 189 cm³/mol. The van der Waals surface area contributed by atoms with Crippen molar-refractivity contribution < 1.29 is 27.1 Å². The summed E-state index contributed by atoms with van der Waals surface area (Å²) in [7, 11) is -4.31. The lowest BCUT2D eigenvalue weighted by Gasteiger charge is -2.34. The summed E-state index contributed by atoms with van der Waals surface area (Å²) in [5.41, 5.74) is 1.58. The van der Waals surface area contributed by atoms with Gasteiger partial charge in [-0.25, -0.2) is 12.8 Å². The molecule has 0 aliphatic rings. The van der Waals surface area contributed by atoms with Gasteiger partial charge in [0, 0.05) is 23.9 Å². The van der Waals surface area contributed by atoms with Crippen LogP contribution in [-0.2, 0) is 32.6 Å². The number of ether oxygens (including phenoxy) is 1. The number of para-hydroxylation sites is 2. The molecule has 0 spiro atoms. The molecule has 0 aromatic heterocycles. The molecule has 48 heavy (non-hydrogen) atoms. The number of carbonyl (C=O) groups is 2. The Morgan fingerprint density at radius 2 is 1.52 bits per heavy atom. The number of thioether (sulfide) groups is 1. The Labute approximate surface area is 287 Å². The smallest absolute Gasteiger partial charge is 0.264 e. The Morgan fingerprint density at radius 1 is 0.875 bits per heavy atom. The number of carbonyl (C=O) groups excluding carboxylic acids is 2.